The number of fused-ring (bicyclic) bond motifs is 1. The largest absolute Gasteiger partial charge is 0.481 e. The van der Waals surface area contributed by atoms with Crippen LogP contribution in [0.5, 0.6) is 0 Å². The fourth-order valence-corrected chi connectivity index (χ4v) is 2.67. The second kappa shape index (κ2) is 5.16. The Hall–Kier alpha value is -2.44. The molecule has 1 aromatic heterocycles. The number of carboxylic acid groups (broad SMARTS) is 1. The van der Waals surface area contributed by atoms with Crippen LogP contribution in [-0.2, 0) is 11.3 Å². The fourth-order valence-electron chi connectivity index (χ4n) is 2.67. The van der Waals surface area contributed by atoms with Crippen LogP contribution in [0.15, 0.2) is 18.2 Å². The smallest absolute Gasteiger partial charge is 0.308 e. The van der Waals surface area contributed by atoms with Crippen LogP contribution in [0.25, 0.3) is 11.0 Å². The number of aryl methyl sites for hydroxylation is 1. The van der Waals surface area contributed by atoms with Gasteiger partial charge in [-0.25, -0.2) is 4.68 Å². The molecule has 3 rings (SSSR count). The van der Waals surface area contributed by atoms with E-state index in [0.717, 1.165) is 12.1 Å². The molecule has 1 atom stereocenters. The summed E-state index contributed by atoms with van der Waals surface area (Å²) in [6.07, 6.45) is 0.509. The molecule has 0 saturated carbocycles. The Kier molecular flexibility index (Phi) is 3.32. The molecule has 2 heterocycles. The Morgan fingerprint density at radius 2 is 2.24 bits per heavy atom. The highest BCUT2D eigenvalue weighted by Gasteiger charge is 2.31. The van der Waals surface area contributed by atoms with Crippen molar-refractivity contribution in [3.8, 4) is 0 Å². The average molecular weight is 288 g/mol. The van der Waals surface area contributed by atoms with E-state index in [-0.39, 0.29) is 12.5 Å². The van der Waals surface area contributed by atoms with Gasteiger partial charge in [-0.15, -0.1) is 5.10 Å². The van der Waals surface area contributed by atoms with Gasteiger partial charge in [0.25, 0.3) is 5.91 Å². The highest BCUT2D eigenvalue weighted by atomic mass is 16.4. The summed E-state index contributed by atoms with van der Waals surface area (Å²) in [5.74, 6) is -1.45. The van der Waals surface area contributed by atoms with Crippen molar-refractivity contribution in [1.29, 1.82) is 0 Å². The Morgan fingerprint density at radius 1 is 1.43 bits per heavy atom. The number of benzene rings is 1. The number of likely N-dealkylation sites (tertiary alicyclic amines) is 1. The first kappa shape index (κ1) is 13.5. The van der Waals surface area contributed by atoms with Crippen molar-refractivity contribution in [3.05, 3.63) is 23.8 Å². The summed E-state index contributed by atoms with van der Waals surface area (Å²) in [5, 5.41) is 17.1. The van der Waals surface area contributed by atoms with Crippen LogP contribution < -0.4 is 0 Å². The van der Waals surface area contributed by atoms with Crippen LogP contribution in [-0.4, -0.2) is 50.0 Å². The lowest BCUT2D eigenvalue weighted by Crippen LogP contribution is -2.29. The third kappa shape index (κ3) is 2.35. The third-order valence-corrected chi connectivity index (χ3v) is 3.89. The minimum Gasteiger partial charge on any atom is -0.481 e. The average Bonchev–Trinajstić information content (AvgIpc) is 3.12. The lowest BCUT2D eigenvalue weighted by Gasteiger charge is -2.15. The van der Waals surface area contributed by atoms with E-state index in [1.165, 1.54) is 0 Å². The first-order chi connectivity index (χ1) is 10.1. The molecule has 1 saturated heterocycles. The molecule has 1 aliphatic heterocycles. The zero-order valence-corrected chi connectivity index (χ0v) is 11.7. The molecular formula is C14H16N4O3. The normalized spacial score (nSPS) is 18.3. The molecule has 2 aromatic rings. The molecule has 110 valence electrons. The molecule has 1 aromatic carbocycles. The van der Waals surface area contributed by atoms with Crippen molar-refractivity contribution >= 4 is 22.9 Å². The van der Waals surface area contributed by atoms with Gasteiger partial charge in [0, 0.05) is 25.2 Å². The molecular weight excluding hydrogens is 272 g/mol. The van der Waals surface area contributed by atoms with Crippen LogP contribution in [0.2, 0.25) is 0 Å². The van der Waals surface area contributed by atoms with E-state index in [1.54, 1.807) is 21.7 Å². The lowest BCUT2D eigenvalue weighted by molar-refractivity contribution is -0.141. The maximum Gasteiger partial charge on any atom is 0.308 e. The molecule has 1 fully saturated rings. The second-order valence-electron chi connectivity index (χ2n) is 5.18. The van der Waals surface area contributed by atoms with E-state index >= 15 is 0 Å². The highest BCUT2D eigenvalue weighted by Crippen LogP contribution is 2.20. The summed E-state index contributed by atoms with van der Waals surface area (Å²) in [4.78, 5) is 25.0. The van der Waals surface area contributed by atoms with Crippen LogP contribution in [0.1, 0.15) is 23.7 Å². The highest BCUT2D eigenvalue weighted by molar-refractivity contribution is 5.97. The van der Waals surface area contributed by atoms with Crippen LogP contribution in [0.4, 0.5) is 0 Å². The topological polar surface area (TPSA) is 88.3 Å². The van der Waals surface area contributed by atoms with E-state index in [2.05, 4.69) is 10.3 Å². The quantitative estimate of drug-likeness (QED) is 0.910. The van der Waals surface area contributed by atoms with E-state index in [1.807, 2.05) is 13.0 Å². The molecule has 1 N–H and O–H groups in total. The Morgan fingerprint density at radius 3 is 2.90 bits per heavy atom. The molecule has 1 unspecified atom stereocenters. The van der Waals surface area contributed by atoms with Crippen LogP contribution in [0.3, 0.4) is 0 Å². The van der Waals surface area contributed by atoms with Gasteiger partial charge in [0.05, 0.1) is 11.4 Å². The number of aromatic nitrogens is 3. The zero-order valence-electron chi connectivity index (χ0n) is 11.7. The van der Waals surface area contributed by atoms with Crippen LogP contribution >= 0.6 is 0 Å². The Bertz CT molecular complexity index is 709. The zero-order chi connectivity index (χ0) is 15.0. The summed E-state index contributed by atoms with van der Waals surface area (Å²) >= 11 is 0. The number of aliphatic carboxylic acids is 1. The fraction of sp³-hybridized carbons (Fsp3) is 0.429. The number of amides is 1. The number of nitrogens with zero attached hydrogens (tertiary/aromatic N) is 4. The van der Waals surface area contributed by atoms with Crippen molar-refractivity contribution in [3.63, 3.8) is 0 Å². The number of carboxylic acids is 1. The maximum absolute atomic E-state index is 12.4. The van der Waals surface area contributed by atoms with E-state index in [0.29, 0.717) is 24.0 Å². The van der Waals surface area contributed by atoms with Gasteiger partial charge in [0.1, 0.15) is 5.52 Å². The number of rotatable bonds is 3. The van der Waals surface area contributed by atoms with Crippen molar-refractivity contribution in [2.75, 3.05) is 13.1 Å². The molecule has 0 aliphatic carbocycles. The number of hydrogen-bond donors (Lipinski definition) is 1. The van der Waals surface area contributed by atoms with Crippen molar-refractivity contribution < 1.29 is 14.7 Å². The second-order valence-corrected chi connectivity index (χ2v) is 5.18. The Balaban J connectivity index is 1.83. The predicted octanol–water partition coefficient (Wildman–Crippen LogP) is 0.998. The van der Waals surface area contributed by atoms with Gasteiger partial charge in [-0.2, -0.15) is 0 Å². The lowest BCUT2D eigenvalue weighted by atomic mass is 10.1. The summed E-state index contributed by atoms with van der Waals surface area (Å²) in [5.41, 5.74) is 2.09. The summed E-state index contributed by atoms with van der Waals surface area (Å²) in [7, 11) is 0. The molecule has 1 aliphatic rings. The standard InChI is InChI=1S/C14H16N4O3/c1-2-18-12-4-3-9(7-11(12)15-16-18)13(19)17-6-5-10(8-17)14(20)21/h3-4,7,10H,2,5-6,8H2,1H3,(H,20,21). The van der Waals surface area contributed by atoms with Gasteiger partial charge in [0.2, 0.25) is 0 Å². The minimum atomic E-state index is -0.841. The van der Waals surface area contributed by atoms with E-state index in [4.69, 9.17) is 5.11 Å². The molecule has 7 heteroatoms. The van der Waals surface area contributed by atoms with Crippen molar-refractivity contribution in [2.45, 2.75) is 19.9 Å². The summed E-state index contributed by atoms with van der Waals surface area (Å²) in [6.45, 7) is 3.45. The van der Waals surface area contributed by atoms with Crippen LogP contribution in [0, 0.1) is 5.92 Å². The van der Waals surface area contributed by atoms with Gasteiger partial charge in [-0.1, -0.05) is 5.21 Å². The number of hydrogen-bond acceptors (Lipinski definition) is 4. The number of carbonyl (C=O) groups excluding carboxylic acids is 1. The van der Waals surface area contributed by atoms with Gasteiger partial charge in [-0.3, -0.25) is 9.59 Å². The first-order valence-electron chi connectivity index (χ1n) is 6.95. The third-order valence-electron chi connectivity index (χ3n) is 3.89. The van der Waals surface area contributed by atoms with E-state index in [9.17, 15) is 9.59 Å². The Labute approximate surface area is 121 Å². The van der Waals surface area contributed by atoms with E-state index < -0.39 is 11.9 Å². The SMILES string of the molecule is CCn1nnc2cc(C(=O)N3CCC(C(=O)O)C3)ccc21. The number of carbonyl (C=O) groups is 2. The van der Waals surface area contributed by atoms with Crippen molar-refractivity contribution in [1.82, 2.24) is 19.9 Å². The predicted molar refractivity (Wildman–Crippen MR) is 74.8 cm³/mol. The molecule has 1 amide bonds. The molecule has 0 radical (unpaired) electrons. The van der Waals surface area contributed by atoms with Crippen molar-refractivity contribution in [2.24, 2.45) is 5.92 Å². The molecule has 21 heavy (non-hydrogen) atoms. The van der Waals surface area contributed by atoms with Gasteiger partial charge >= 0.3 is 5.97 Å². The molecule has 0 bridgehead atoms. The first-order valence-corrected chi connectivity index (χ1v) is 6.95. The summed E-state index contributed by atoms with van der Waals surface area (Å²) in [6, 6.07) is 5.29. The molecule has 0 spiro atoms. The van der Waals surface area contributed by atoms with Gasteiger partial charge in [-0.05, 0) is 31.5 Å². The van der Waals surface area contributed by atoms with Gasteiger partial charge < -0.3 is 10.0 Å². The molecule has 7 nitrogen and oxygen atoms in total. The summed E-state index contributed by atoms with van der Waals surface area (Å²) < 4.78 is 1.76. The maximum atomic E-state index is 12.4. The van der Waals surface area contributed by atoms with Gasteiger partial charge in [0.15, 0.2) is 0 Å². The minimum absolute atomic E-state index is 0.147. The monoisotopic (exact) mass is 288 g/mol.